The van der Waals surface area contributed by atoms with E-state index in [9.17, 15) is 4.79 Å². The van der Waals surface area contributed by atoms with Gasteiger partial charge in [0, 0.05) is 31.5 Å². The molecule has 4 aliphatic heterocycles. The minimum atomic E-state index is -0.541. The number of ether oxygens (including phenoxy) is 3. The predicted molar refractivity (Wildman–Crippen MR) is 107 cm³/mol. The molecule has 0 saturated carbocycles. The van der Waals surface area contributed by atoms with Crippen LogP contribution < -0.4 is 5.32 Å². The Morgan fingerprint density at radius 1 is 1.21 bits per heavy atom. The first-order valence-electron chi connectivity index (χ1n) is 10.9. The molecule has 4 fully saturated rings. The van der Waals surface area contributed by atoms with Gasteiger partial charge in [-0.3, -0.25) is 14.5 Å². The third-order valence-electron chi connectivity index (χ3n) is 6.74. The van der Waals surface area contributed by atoms with E-state index in [1.165, 1.54) is 0 Å². The fourth-order valence-corrected chi connectivity index (χ4v) is 4.96. The summed E-state index contributed by atoms with van der Waals surface area (Å²) in [7, 11) is 0. The molecule has 1 amide bonds. The van der Waals surface area contributed by atoms with Gasteiger partial charge in [0.15, 0.2) is 12.1 Å². The number of carbonyl (C=O) groups excluding carboxylic acids is 1. The lowest BCUT2D eigenvalue weighted by Gasteiger charge is -2.41. The van der Waals surface area contributed by atoms with Crippen LogP contribution in [0, 0.1) is 6.57 Å². The summed E-state index contributed by atoms with van der Waals surface area (Å²) in [6, 6.07) is 0. The number of likely N-dealkylation sites (tertiary alicyclic amines) is 2. The van der Waals surface area contributed by atoms with Crippen LogP contribution in [-0.2, 0) is 19.0 Å². The van der Waals surface area contributed by atoms with Crippen LogP contribution in [0.2, 0.25) is 0 Å². The number of nitrogens with zero attached hydrogens (tertiary/aromatic N) is 3. The standard InChI is InChI=1S/C21H34N4O4/c1-20(2)28-16-12-15(27-19(16)29-20)14-24-10-7-21(3,8-11-24)23-13-18(26)25-9-5-6-17(25)22-4/h15-17,19,23H,5-14H2,1-3H3/t15-,16-,17+,19-/m1/s1. The molecule has 0 aromatic rings. The highest BCUT2D eigenvalue weighted by Crippen LogP contribution is 2.37. The lowest BCUT2D eigenvalue weighted by Crippen LogP contribution is -2.55. The Morgan fingerprint density at radius 3 is 2.66 bits per heavy atom. The highest BCUT2D eigenvalue weighted by Gasteiger charge is 2.49. The maximum absolute atomic E-state index is 12.5. The second-order valence-corrected chi connectivity index (χ2v) is 9.59. The Bertz CT molecular complexity index is 640. The Kier molecular flexibility index (Phi) is 5.88. The Morgan fingerprint density at radius 2 is 1.97 bits per heavy atom. The normalized spacial score (nSPS) is 36.1. The van der Waals surface area contributed by atoms with Gasteiger partial charge in [0.2, 0.25) is 5.91 Å². The van der Waals surface area contributed by atoms with Crippen molar-refractivity contribution >= 4 is 5.91 Å². The third kappa shape index (κ3) is 4.75. The van der Waals surface area contributed by atoms with Crippen molar-refractivity contribution in [3.8, 4) is 0 Å². The van der Waals surface area contributed by atoms with Gasteiger partial charge in [0.25, 0.3) is 0 Å². The number of carbonyl (C=O) groups is 1. The highest BCUT2D eigenvalue weighted by molar-refractivity contribution is 5.79. The summed E-state index contributed by atoms with van der Waals surface area (Å²) in [4.78, 5) is 20.3. The van der Waals surface area contributed by atoms with Gasteiger partial charge in [-0.05, 0) is 53.1 Å². The zero-order valence-electron chi connectivity index (χ0n) is 17.9. The van der Waals surface area contributed by atoms with Crippen molar-refractivity contribution in [1.82, 2.24) is 15.1 Å². The van der Waals surface area contributed by atoms with Gasteiger partial charge < -0.3 is 24.4 Å². The molecular formula is C21H34N4O4. The van der Waals surface area contributed by atoms with E-state index in [-0.39, 0.29) is 36.1 Å². The molecule has 0 aromatic carbocycles. The molecule has 8 nitrogen and oxygen atoms in total. The van der Waals surface area contributed by atoms with Crippen LogP contribution >= 0.6 is 0 Å². The number of nitrogens with one attached hydrogen (secondary N) is 1. The monoisotopic (exact) mass is 406 g/mol. The average Bonchev–Trinajstić information content (AvgIpc) is 3.34. The molecule has 0 unspecified atom stereocenters. The molecule has 4 saturated heterocycles. The minimum Gasteiger partial charge on any atom is -0.345 e. The Hall–Kier alpha value is -1.24. The molecule has 4 atom stereocenters. The van der Waals surface area contributed by atoms with Crippen LogP contribution in [0.5, 0.6) is 0 Å². The minimum absolute atomic E-state index is 0.0389. The average molecular weight is 407 g/mol. The molecule has 162 valence electrons. The number of fused-ring (bicyclic) bond motifs is 1. The second kappa shape index (κ2) is 8.12. The summed E-state index contributed by atoms with van der Waals surface area (Å²) in [5.41, 5.74) is -0.0389. The molecule has 0 spiro atoms. The molecular weight excluding hydrogens is 372 g/mol. The molecule has 0 aromatic heterocycles. The number of piperidine rings is 1. The van der Waals surface area contributed by atoms with Crippen LogP contribution in [-0.4, -0.2) is 84.4 Å². The fourth-order valence-electron chi connectivity index (χ4n) is 4.96. The van der Waals surface area contributed by atoms with Crippen molar-refractivity contribution in [3.63, 3.8) is 0 Å². The first kappa shape index (κ1) is 21.0. The van der Waals surface area contributed by atoms with Gasteiger partial charge in [-0.1, -0.05) is 0 Å². The SMILES string of the molecule is [C-]#[N+][C@@H]1CCCN1C(=O)CNC1(C)CCN(C[C@H]2C[C@H]3OC(C)(C)O[C@H]3O2)CC1. The number of amides is 1. The van der Waals surface area contributed by atoms with Crippen molar-refractivity contribution in [2.24, 2.45) is 0 Å². The van der Waals surface area contributed by atoms with Gasteiger partial charge in [-0.2, -0.15) is 0 Å². The molecule has 4 aliphatic rings. The smallest absolute Gasteiger partial charge is 0.300 e. The van der Waals surface area contributed by atoms with Crippen molar-refractivity contribution in [2.45, 2.75) is 88.9 Å². The first-order valence-corrected chi connectivity index (χ1v) is 10.9. The van der Waals surface area contributed by atoms with Gasteiger partial charge in [-0.15, -0.1) is 0 Å². The van der Waals surface area contributed by atoms with Crippen LogP contribution in [0.3, 0.4) is 0 Å². The molecule has 0 bridgehead atoms. The maximum atomic E-state index is 12.5. The Labute approximate surface area is 173 Å². The second-order valence-electron chi connectivity index (χ2n) is 9.59. The summed E-state index contributed by atoms with van der Waals surface area (Å²) >= 11 is 0. The maximum Gasteiger partial charge on any atom is 0.300 e. The van der Waals surface area contributed by atoms with Crippen LogP contribution in [0.4, 0.5) is 0 Å². The summed E-state index contributed by atoms with van der Waals surface area (Å²) in [6.45, 7) is 17.2. The van der Waals surface area contributed by atoms with Crippen molar-refractivity contribution in [1.29, 1.82) is 0 Å². The number of hydrogen-bond acceptors (Lipinski definition) is 6. The largest absolute Gasteiger partial charge is 0.345 e. The first-order chi connectivity index (χ1) is 13.8. The topological polar surface area (TPSA) is 67.6 Å². The van der Waals surface area contributed by atoms with Gasteiger partial charge in [-0.25, -0.2) is 6.57 Å². The number of rotatable bonds is 5. The molecule has 0 aliphatic carbocycles. The van der Waals surface area contributed by atoms with E-state index in [4.69, 9.17) is 20.8 Å². The number of hydrogen-bond donors (Lipinski definition) is 1. The summed E-state index contributed by atoms with van der Waals surface area (Å²) in [5.74, 6) is -0.485. The van der Waals surface area contributed by atoms with Crippen LogP contribution in [0.1, 0.15) is 52.9 Å². The summed E-state index contributed by atoms with van der Waals surface area (Å²) < 4.78 is 17.8. The molecule has 1 N–H and O–H groups in total. The van der Waals surface area contributed by atoms with E-state index >= 15 is 0 Å². The quantitative estimate of drug-likeness (QED) is 0.699. The van der Waals surface area contributed by atoms with E-state index in [0.29, 0.717) is 13.1 Å². The molecule has 29 heavy (non-hydrogen) atoms. The van der Waals surface area contributed by atoms with Gasteiger partial charge in [0.1, 0.15) is 6.10 Å². The zero-order valence-corrected chi connectivity index (χ0v) is 17.9. The van der Waals surface area contributed by atoms with E-state index in [2.05, 4.69) is 22.0 Å². The molecule has 0 radical (unpaired) electrons. The summed E-state index contributed by atoms with van der Waals surface area (Å²) in [6.07, 6.45) is 4.31. The summed E-state index contributed by atoms with van der Waals surface area (Å²) in [5, 5.41) is 3.48. The van der Waals surface area contributed by atoms with Crippen molar-refractivity contribution in [3.05, 3.63) is 11.4 Å². The third-order valence-corrected chi connectivity index (χ3v) is 6.74. The predicted octanol–water partition coefficient (Wildman–Crippen LogP) is 1.56. The molecule has 4 heterocycles. The molecule has 4 rings (SSSR count). The van der Waals surface area contributed by atoms with Gasteiger partial charge in [0.05, 0.1) is 12.6 Å². The Balaban J connectivity index is 1.18. The van der Waals surface area contributed by atoms with E-state index < -0.39 is 5.79 Å². The van der Waals surface area contributed by atoms with Crippen LogP contribution in [0.15, 0.2) is 0 Å². The highest BCUT2D eigenvalue weighted by atomic mass is 16.8. The zero-order chi connectivity index (χ0) is 20.6. The lowest BCUT2D eigenvalue weighted by atomic mass is 9.89. The lowest BCUT2D eigenvalue weighted by molar-refractivity contribution is -0.206. The fraction of sp³-hybridized carbons (Fsp3) is 0.905. The van der Waals surface area contributed by atoms with Crippen molar-refractivity contribution < 1.29 is 19.0 Å². The van der Waals surface area contributed by atoms with E-state index in [0.717, 1.165) is 51.7 Å². The molecule has 8 heteroatoms. The van der Waals surface area contributed by atoms with Crippen LogP contribution in [0.25, 0.3) is 4.85 Å². The van der Waals surface area contributed by atoms with Gasteiger partial charge >= 0.3 is 6.17 Å². The van der Waals surface area contributed by atoms with Crippen molar-refractivity contribution in [2.75, 3.05) is 32.7 Å². The van der Waals surface area contributed by atoms with E-state index in [1.807, 2.05) is 13.8 Å². The van der Waals surface area contributed by atoms with E-state index in [1.54, 1.807) is 4.90 Å².